The number of ether oxygens (including phenoxy) is 1. The molecule has 0 aliphatic carbocycles. The molecule has 4 rings (SSSR count). The summed E-state index contributed by atoms with van der Waals surface area (Å²) in [4.78, 5) is 24.0. The Morgan fingerprint density at radius 2 is 2.09 bits per heavy atom. The van der Waals surface area contributed by atoms with Crippen LogP contribution in [-0.4, -0.2) is 51.0 Å². The lowest BCUT2D eigenvalue weighted by molar-refractivity contribution is -0.151. The Morgan fingerprint density at radius 1 is 1.31 bits per heavy atom. The van der Waals surface area contributed by atoms with Gasteiger partial charge in [-0.25, -0.2) is 19.0 Å². The first-order valence-corrected chi connectivity index (χ1v) is 11.1. The minimum absolute atomic E-state index is 0.173. The molecule has 1 aliphatic heterocycles. The van der Waals surface area contributed by atoms with Crippen LogP contribution >= 0.6 is 15.9 Å². The number of rotatable bonds is 7. The molecule has 1 saturated heterocycles. The summed E-state index contributed by atoms with van der Waals surface area (Å²) in [5.74, 6) is 0.699. The Morgan fingerprint density at radius 3 is 2.69 bits per heavy atom. The molecule has 3 aromatic heterocycles. The third-order valence-corrected chi connectivity index (χ3v) is 5.79. The van der Waals surface area contributed by atoms with Crippen molar-refractivity contribution < 1.29 is 13.9 Å². The van der Waals surface area contributed by atoms with Gasteiger partial charge in [-0.2, -0.15) is 5.10 Å². The van der Waals surface area contributed by atoms with Crippen LogP contribution in [0, 0.1) is 12.7 Å². The second-order valence-corrected chi connectivity index (χ2v) is 8.67. The van der Waals surface area contributed by atoms with Gasteiger partial charge in [0.25, 0.3) is 5.91 Å². The molecule has 1 aliphatic rings. The summed E-state index contributed by atoms with van der Waals surface area (Å²) in [6.45, 7) is 7.04. The number of carbonyl (C=O) groups is 1. The molecular formula is C22H24BrFN6O2. The lowest BCUT2D eigenvalue weighted by atomic mass is 9.91. The van der Waals surface area contributed by atoms with Crippen molar-refractivity contribution in [1.29, 1.82) is 0 Å². The molecule has 3 aromatic rings. The van der Waals surface area contributed by atoms with Crippen molar-refractivity contribution in [3.05, 3.63) is 64.4 Å². The molecule has 168 valence electrons. The monoisotopic (exact) mass is 502 g/mol. The van der Waals surface area contributed by atoms with Gasteiger partial charge in [0.15, 0.2) is 17.2 Å². The summed E-state index contributed by atoms with van der Waals surface area (Å²) in [6, 6.07) is 7.21. The second kappa shape index (κ2) is 8.95. The summed E-state index contributed by atoms with van der Waals surface area (Å²) in [5, 5.41) is 6.94. The van der Waals surface area contributed by atoms with E-state index in [2.05, 4.69) is 36.3 Å². The van der Waals surface area contributed by atoms with Gasteiger partial charge in [0.2, 0.25) is 0 Å². The van der Waals surface area contributed by atoms with Crippen LogP contribution in [0.3, 0.4) is 0 Å². The molecule has 0 aromatic carbocycles. The van der Waals surface area contributed by atoms with Crippen molar-refractivity contribution in [2.45, 2.75) is 32.4 Å². The molecular weight excluding hydrogens is 479 g/mol. The maximum absolute atomic E-state index is 13.2. The van der Waals surface area contributed by atoms with E-state index in [1.807, 2.05) is 43.9 Å². The zero-order chi connectivity index (χ0) is 22.9. The SMILES string of the molecule is CCOC1(C(=O)N[C@@H](C)c2ccc(-n3cc(F)cn3)nc2)CN(c2cc(C)cc(Br)n2)C1. The number of carbonyl (C=O) groups excluding carboxylic acids is 1. The normalized spacial score (nSPS) is 15.8. The molecule has 1 fully saturated rings. The first-order valence-electron chi connectivity index (χ1n) is 10.3. The molecule has 0 spiro atoms. The van der Waals surface area contributed by atoms with E-state index < -0.39 is 11.4 Å². The van der Waals surface area contributed by atoms with E-state index >= 15 is 0 Å². The van der Waals surface area contributed by atoms with Crippen LogP contribution in [0.2, 0.25) is 0 Å². The van der Waals surface area contributed by atoms with Gasteiger partial charge in [0.05, 0.1) is 31.5 Å². The predicted octanol–water partition coefficient (Wildman–Crippen LogP) is 3.35. The lowest BCUT2D eigenvalue weighted by Gasteiger charge is -2.49. The van der Waals surface area contributed by atoms with Gasteiger partial charge in [-0.05, 0) is 66.0 Å². The largest absolute Gasteiger partial charge is 0.362 e. The topological polar surface area (TPSA) is 85.2 Å². The Hall–Kier alpha value is -2.85. The first kappa shape index (κ1) is 22.3. The molecule has 1 atom stereocenters. The van der Waals surface area contributed by atoms with Crippen molar-refractivity contribution in [2.24, 2.45) is 0 Å². The number of nitrogens with one attached hydrogen (secondary N) is 1. The van der Waals surface area contributed by atoms with E-state index in [9.17, 15) is 9.18 Å². The summed E-state index contributed by atoms with van der Waals surface area (Å²) in [5.41, 5.74) is 0.977. The van der Waals surface area contributed by atoms with E-state index in [0.29, 0.717) is 25.5 Å². The predicted molar refractivity (Wildman–Crippen MR) is 121 cm³/mol. The highest BCUT2D eigenvalue weighted by Crippen LogP contribution is 2.32. The van der Waals surface area contributed by atoms with Crippen LogP contribution < -0.4 is 10.2 Å². The fourth-order valence-electron chi connectivity index (χ4n) is 3.70. The van der Waals surface area contributed by atoms with Crippen LogP contribution in [0.1, 0.15) is 31.0 Å². The summed E-state index contributed by atoms with van der Waals surface area (Å²) in [7, 11) is 0. The van der Waals surface area contributed by atoms with Crippen LogP contribution in [-0.2, 0) is 9.53 Å². The highest BCUT2D eigenvalue weighted by molar-refractivity contribution is 9.10. The molecule has 10 heteroatoms. The van der Waals surface area contributed by atoms with Gasteiger partial charge in [-0.3, -0.25) is 4.79 Å². The zero-order valence-corrected chi connectivity index (χ0v) is 19.6. The lowest BCUT2D eigenvalue weighted by Crippen LogP contribution is -2.70. The molecule has 32 heavy (non-hydrogen) atoms. The number of pyridine rings is 2. The third kappa shape index (κ3) is 4.51. The van der Waals surface area contributed by atoms with Gasteiger partial charge < -0.3 is 15.0 Å². The summed E-state index contributed by atoms with van der Waals surface area (Å²) < 4.78 is 21.2. The van der Waals surface area contributed by atoms with Crippen molar-refractivity contribution in [2.75, 3.05) is 24.6 Å². The van der Waals surface area contributed by atoms with E-state index in [1.54, 1.807) is 12.3 Å². The summed E-state index contributed by atoms with van der Waals surface area (Å²) in [6.07, 6.45) is 4.02. The first-order chi connectivity index (χ1) is 15.3. The fourth-order valence-corrected chi connectivity index (χ4v) is 4.25. The number of hydrogen-bond acceptors (Lipinski definition) is 6. The molecule has 1 N–H and O–H groups in total. The number of amides is 1. The second-order valence-electron chi connectivity index (χ2n) is 7.86. The molecule has 0 bridgehead atoms. The van der Waals surface area contributed by atoms with E-state index in [-0.39, 0.29) is 11.9 Å². The number of nitrogens with zero attached hydrogens (tertiary/aromatic N) is 5. The minimum Gasteiger partial charge on any atom is -0.362 e. The molecule has 0 radical (unpaired) electrons. The van der Waals surface area contributed by atoms with Gasteiger partial charge in [-0.1, -0.05) is 6.07 Å². The highest BCUT2D eigenvalue weighted by atomic mass is 79.9. The Bertz CT molecular complexity index is 1090. The number of aryl methyl sites for hydroxylation is 1. The van der Waals surface area contributed by atoms with Crippen molar-refractivity contribution in [3.8, 4) is 5.82 Å². The van der Waals surface area contributed by atoms with E-state index in [0.717, 1.165) is 27.7 Å². The van der Waals surface area contributed by atoms with Gasteiger partial charge in [0.1, 0.15) is 10.4 Å². The maximum Gasteiger partial charge on any atom is 0.256 e. The number of anilines is 1. The number of hydrogen-bond donors (Lipinski definition) is 1. The summed E-state index contributed by atoms with van der Waals surface area (Å²) >= 11 is 3.42. The van der Waals surface area contributed by atoms with E-state index in [4.69, 9.17) is 4.74 Å². The van der Waals surface area contributed by atoms with Crippen LogP contribution in [0.4, 0.5) is 10.2 Å². The standard InChI is InChI=1S/C22H24BrFN6O2/c1-4-32-22(12-29(13-22)20-8-14(2)7-18(23)28-20)21(31)27-15(3)16-5-6-19(25-9-16)30-11-17(24)10-26-30/h5-11,15H,4,12-13H2,1-3H3,(H,27,31)/t15-/m0/s1. The average Bonchev–Trinajstić information content (AvgIpc) is 3.16. The maximum atomic E-state index is 13.2. The molecule has 4 heterocycles. The molecule has 0 unspecified atom stereocenters. The van der Waals surface area contributed by atoms with Crippen molar-refractivity contribution >= 4 is 27.7 Å². The molecule has 0 saturated carbocycles. The van der Waals surface area contributed by atoms with Gasteiger partial charge in [0, 0.05) is 12.8 Å². The number of aromatic nitrogens is 4. The van der Waals surface area contributed by atoms with Crippen LogP contribution in [0.15, 0.2) is 47.5 Å². The molecule has 8 nitrogen and oxygen atoms in total. The average molecular weight is 503 g/mol. The Labute approximate surface area is 193 Å². The number of halogens is 2. The van der Waals surface area contributed by atoms with Crippen molar-refractivity contribution in [3.63, 3.8) is 0 Å². The highest BCUT2D eigenvalue weighted by Gasteiger charge is 2.51. The fraction of sp³-hybridized carbons (Fsp3) is 0.364. The Balaban J connectivity index is 1.43. The van der Waals surface area contributed by atoms with E-state index in [1.165, 1.54) is 10.9 Å². The van der Waals surface area contributed by atoms with Crippen LogP contribution in [0.25, 0.3) is 5.82 Å². The smallest absolute Gasteiger partial charge is 0.256 e. The van der Waals surface area contributed by atoms with Crippen LogP contribution in [0.5, 0.6) is 0 Å². The molecule has 1 amide bonds. The van der Waals surface area contributed by atoms with Crippen molar-refractivity contribution in [1.82, 2.24) is 25.1 Å². The Kier molecular flexibility index (Phi) is 6.25. The minimum atomic E-state index is -0.930. The van der Waals surface area contributed by atoms with Gasteiger partial charge >= 0.3 is 0 Å². The van der Waals surface area contributed by atoms with Gasteiger partial charge in [-0.15, -0.1) is 0 Å². The third-order valence-electron chi connectivity index (χ3n) is 5.38. The quantitative estimate of drug-likeness (QED) is 0.498. The zero-order valence-electron chi connectivity index (χ0n) is 18.0.